The van der Waals surface area contributed by atoms with Crippen LogP contribution in [-0.2, 0) is 13.2 Å². The number of anilines is 1. The Bertz CT molecular complexity index is 762. The molecule has 0 aliphatic heterocycles. The third-order valence-corrected chi connectivity index (χ3v) is 3.76. The fourth-order valence-electron chi connectivity index (χ4n) is 2.23. The lowest BCUT2D eigenvalue weighted by atomic mass is 10.2. The van der Waals surface area contributed by atoms with Gasteiger partial charge in [0.25, 0.3) is 0 Å². The van der Waals surface area contributed by atoms with E-state index in [1.165, 1.54) is 0 Å². The Morgan fingerprint density at radius 2 is 1.78 bits per heavy atom. The van der Waals surface area contributed by atoms with Crippen LogP contribution in [-0.4, -0.2) is 4.98 Å². The number of hydrogen-bond acceptors (Lipinski definition) is 3. The van der Waals surface area contributed by atoms with Gasteiger partial charge < -0.3 is 10.1 Å². The third kappa shape index (κ3) is 4.24. The van der Waals surface area contributed by atoms with Gasteiger partial charge in [-0.25, -0.2) is 0 Å². The molecule has 3 nitrogen and oxygen atoms in total. The summed E-state index contributed by atoms with van der Waals surface area (Å²) in [5, 5.41) is 4.05. The van der Waals surface area contributed by atoms with Crippen LogP contribution in [0.4, 0.5) is 5.69 Å². The van der Waals surface area contributed by atoms with E-state index in [0.29, 0.717) is 18.2 Å². The zero-order valence-corrected chi connectivity index (χ0v) is 13.3. The molecule has 0 unspecified atom stereocenters. The van der Waals surface area contributed by atoms with Crippen molar-refractivity contribution in [3.8, 4) is 5.75 Å². The molecule has 1 aromatic heterocycles. The zero-order valence-electron chi connectivity index (χ0n) is 12.6. The van der Waals surface area contributed by atoms with Gasteiger partial charge in [-0.1, -0.05) is 48.0 Å². The number of nitrogens with one attached hydrogen (secondary N) is 1. The number of para-hydroxylation sites is 2. The van der Waals surface area contributed by atoms with E-state index in [1.807, 2.05) is 66.9 Å². The molecule has 0 aliphatic rings. The summed E-state index contributed by atoms with van der Waals surface area (Å²) in [6, 6.07) is 19.6. The second kappa shape index (κ2) is 7.65. The molecule has 4 heteroatoms. The van der Waals surface area contributed by atoms with Crippen molar-refractivity contribution in [2.24, 2.45) is 0 Å². The number of ether oxygens (including phenoxy) is 1. The van der Waals surface area contributed by atoms with Crippen molar-refractivity contribution < 1.29 is 4.74 Å². The second-order valence-electron chi connectivity index (χ2n) is 5.09. The Morgan fingerprint density at radius 3 is 2.61 bits per heavy atom. The summed E-state index contributed by atoms with van der Waals surface area (Å²) >= 11 is 6.17. The summed E-state index contributed by atoms with van der Waals surface area (Å²) in [6.45, 7) is 1.14. The highest BCUT2D eigenvalue weighted by Crippen LogP contribution is 2.24. The maximum Gasteiger partial charge on any atom is 0.124 e. The second-order valence-corrected chi connectivity index (χ2v) is 5.50. The molecule has 3 rings (SSSR count). The molecule has 0 aliphatic carbocycles. The minimum absolute atomic E-state index is 0.497. The van der Waals surface area contributed by atoms with E-state index < -0.39 is 0 Å². The number of benzene rings is 2. The Morgan fingerprint density at radius 1 is 0.957 bits per heavy atom. The van der Waals surface area contributed by atoms with Gasteiger partial charge in [0.2, 0.25) is 0 Å². The van der Waals surface area contributed by atoms with E-state index in [2.05, 4.69) is 10.3 Å². The molecular formula is C19H17ClN2O. The van der Waals surface area contributed by atoms with E-state index in [-0.39, 0.29) is 0 Å². The van der Waals surface area contributed by atoms with Crippen molar-refractivity contribution in [3.63, 3.8) is 0 Å². The predicted molar refractivity (Wildman–Crippen MR) is 93.8 cm³/mol. The highest BCUT2D eigenvalue weighted by Gasteiger charge is 2.05. The average molecular weight is 325 g/mol. The fourth-order valence-corrected chi connectivity index (χ4v) is 2.43. The average Bonchev–Trinajstić information content (AvgIpc) is 2.61. The van der Waals surface area contributed by atoms with Crippen LogP contribution in [0.5, 0.6) is 5.75 Å². The number of pyridine rings is 1. The lowest BCUT2D eigenvalue weighted by molar-refractivity contribution is 0.303. The first-order valence-corrected chi connectivity index (χ1v) is 7.79. The molecule has 23 heavy (non-hydrogen) atoms. The summed E-state index contributed by atoms with van der Waals surface area (Å²) < 4.78 is 5.93. The van der Waals surface area contributed by atoms with Gasteiger partial charge in [0.05, 0.1) is 10.7 Å². The quantitative estimate of drug-likeness (QED) is 0.698. The van der Waals surface area contributed by atoms with Gasteiger partial charge in [0.15, 0.2) is 0 Å². The highest BCUT2D eigenvalue weighted by atomic mass is 35.5. The van der Waals surface area contributed by atoms with Gasteiger partial charge >= 0.3 is 0 Å². The molecule has 0 radical (unpaired) electrons. The van der Waals surface area contributed by atoms with Crippen LogP contribution in [0.25, 0.3) is 0 Å². The van der Waals surface area contributed by atoms with Crippen LogP contribution >= 0.6 is 11.6 Å². The maximum atomic E-state index is 6.17. The number of rotatable bonds is 6. The molecule has 2 aromatic carbocycles. The Kier molecular flexibility index (Phi) is 5.12. The molecule has 0 bridgehead atoms. The molecule has 0 atom stereocenters. The minimum atomic E-state index is 0.497. The summed E-state index contributed by atoms with van der Waals surface area (Å²) in [5.41, 5.74) is 3.04. The van der Waals surface area contributed by atoms with E-state index in [1.54, 1.807) is 6.20 Å². The smallest absolute Gasteiger partial charge is 0.124 e. The molecule has 0 amide bonds. The molecule has 3 aromatic rings. The fraction of sp³-hybridized carbons (Fsp3) is 0.105. The van der Waals surface area contributed by atoms with Crippen molar-refractivity contribution in [2.45, 2.75) is 13.2 Å². The molecule has 116 valence electrons. The lowest BCUT2D eigenvalue weighted by Crippen LogP contribution is -2.04. The Labute approximate surface area is 140 Å². The molecular weight excluding hydrogens is 308 g/mol. The van der Waals surface area contributed by atoms with Crippen LogP contribution in [0.3, 0.4) is 0 Å². The van der Waals surface area contributed by atoms with E-state index in [0.717, 1.165) is 22.6 Å². The summed E-state index contributed by atoms with van der Waals surface area (Å²) in [4.78, 5) is 4.10. The van der Waals surface area contributed by atoms with Gasteiger partial charge in [-0.3, -0.25) is 4.98 Å². The number of nitrogens with zero attached hydrogens (tertiary/aromatic N) is 1. The molecule has 0 fully saturated rings. The van der Waals surface area contributed by atoms with E-state index >= 15 is 0 Å². The summed E-state index contributed by atoms with van der Waals surface area (Å²) in [6.07, 6.45) is 3.57. The standard InChI is InChI=1S/C19H17ClN2O/c20-17-8-2-3-9-18(17)22-13-16-7-1-4-10-19(16)23-14-15-6-5-11-21-12-15/h1-12,22H,13-14H2. The van der Waals surface area contributed by atoms with Crippen LogP contribution in [0.15, 0.2) is 73.1 Å². The van der Waals surface area contributed by atoms with Gasteiger partial charge in [-0.15, -0.1) is 0 Å². The monoisotopic (exact) mass is 324 g/mol. The van der Waals surface area contributed by atoms with Crippen molar-refractivity contribution >= 4 is 17.3 Å². The van der Waals surface area contributed by atoms with Crippen molar-refractivity contribution in [3.05, 3.63) is 89.2 Å². The maximum absolute atomic E-state index is 6.17. The number of hydrogen-bond donors (Lipinski definition) is 1. The Hall–Kier alpha value is -2.52. The predicted octanol–water partition coefficient (Wildman–Crippen LogP) is 4.93. The van der Waals surface area contributed by atoms with Crippen molar-refractivity contribution in [1.82, 2.24) is 4.98 Å². The van der Waals surface area contributed by atoms with Crippen LogP contribution in [0, 0.1) is 0 Å². The summed E-state index contributed by atoms with van der Waals surface area (Å²) in [5.74, 6) is 0.857. The highest BCUT2D eigenvalue weighted by molar-refractivity contribution is 6.33. The van der Waals surface area contributed by atoms with E-state index in [9.17, 15) is 0 Å². The normalized spacial score (nSPS) is 10.3. The Balaban J connectivity index is 1.67. The van der Waals surface area contributed by atoms with Crippen LogP contribution < -0.4 is 10.1 Å². The molecule has 1 heterocycles. The number of halogens is 1. The summed E-state index contributed by atoms with van der Waals surface area (Å²) in [7, 11) is 0. The SMILES string of the molecule is Clc1ccccc1NCc1ccccc1OCc1cccnc1. The zero-order chi connectivity index (χ0) is 15.9. The molecule has 0 spiro atoms. The largest absolute Gasteiger partial charge is 0.488 e. The van der Waals surface area contributed by atoms with Gasteiger partial charge in [0, 0.05) is 30.1 Å². The van der Waals surface area contributed by atoms with Crippen molar-refractivity contribution in [2.75, 3.05) is 5.32 Å². The lowest BCUT2D eigenvalue weighted by Gasteiger charge is -2.13. The topological polar surface area (TPSA) is 34.1 Å². The number of aromatic nitrogens is 1. The molecule has 0 saturated heterocycles. The first-order chi connectivity index (χ1) is 11.3. The van der Waals surface area contributed by atoms with Crippen molar-refractivity contribution in [1.29, 1.82) is 0 Å². The van der Waals surface area contributed by atoms with Gasteiger partial charge in [0.1, 0.15) is 12.4 Å². The first kappa shape index (κ1) is 15.4. The van der Waals surface area contributed by atoms with Crippen LogP contribution in [0.1, 0.15) is 11.1 Å². The first-order valence-electron chi connectivity index (χ1n) is 7.41. The van der Waals surface area contributed by atoms with Gasteiger partial charge in [-0.2, -0.15) is 0 Å². The third-order valence-electron chi connectivity index (χ3n) is 3.43. The molecule has 0 saturated carbocycles. The molecule has 1 N–H and O–H groups in total. The van der Waals surface area contributed by atoms with Gasteiger partial charge in [-0.05, 0) is 24.3 Å². The minimum Gasteiger partial charge on any atom is -0.488 e. The van der Waals surface area contributed by atoms with E-state index in [4.69, 9.17) is 16.3 Å². The van der Waals surface area contributed by atoms with Crippen LogP contribution in [0.2, 0.25) is 5.02 Å².